The molecule has 0 saturated carbocycles. The van der Waals surface area contributed by atoms with Gasteiger partial charge in [0.2, 0.25) is 11.8 Å². The quantitative estimate of drug-likeness (QED) is 0.603. The van der Waals surface area contributed by atoms with Crippen LogP contribution in [0.1, 0.15) is 24.8 Å². The average molecular weight is 419 g/mol. The van der Waals surface area contributed by atoms with E-state index in [-0.39, 0.29) is 18.4 Å². The molecule has 0 fully saturated rings. The minimum Gasteiger partial charge on any atom is -0.494 e. The van der Waals surface area contributed by atoms with E-state index in [4.69, 9.17) is 4.74 Å². The van der Waals surface area contributed by atoms with Crippen LogP contribution in [0.5, 0.6) is 5.75 Å². The van der Waals surface area contributed by atoms with Crippen LogP contribution >= 0.6 is 15.9 Å². The summed E-state index contributed by atoms with van der Waals surface area (Å²) >= 11 is 3.33. The summed E-state index contributed by atoms with van der Waals surface area (Å²) in [6, 6.07) is 15.1. The number of rotatable bonds is 9. The first kappa shape index (κ1) is 20.0. The van der Waals surface area contributed by atoms with Crippen LogP contribution in [0.15, 0.2) is 53.0 Å². The Balaban J connectivity index is 1.55. The van der Waals surface area contributed by atoms with Gasteiger partial charge in [0.15, 0.2) is 0 Å². The topological polar surface area (TPSA) is 67.4 Å². The van der Waals surface area contributed by atoms with Crippen LogP contribution in [0.4, 0.5) is 5.69 Å². The van der Waals surface area contributed by atoms with Gasteiger partial charge in [0.1, 0.15) is 5.75 Å². The van der Waals surface area contributed by atoms with E-state index < -0.39 is 0 Å². The molecule has 0 aliphatic rings. The summed E-state index contributed by atoms with van der Waals surface area (Å²) in [6.07, 6.45) is 1.88. The number of hydrogen-bond donors (Lipinski definition) is 2. The van der Waals surface area contributed by atoms with Gasteiger partial charge in [0.25, 0.3) is 0 Å². The maximum absolute atomic E-state index is 11.8. The molecule has 26 heavy (non-hydrogen) atoms. The number of amides is 2. The van der Waals surface area contributed by atoms with E-state index in [0.717, 1.165) is 22.2 Å². The number of unbranched alkanes of at least 4 members (excludes halogenated alkanes) is 1. The molecule has 6 heteroatoms. The fourth-order valence-electron chi connectivity index (χ4n) is 2.29. The molecular weight excluding hydrogens is 396 g/mol. The zero-order valence-electron chi connectivity index (χ0n) is 14.8. The van der Waals surface area contributed by atoms with Crippen molar-refractivity contribution in [1.82, 2.24) is 5.32 Å². The summed E-state index contributed by atoms with van der Waals surface area (Å²) in [5.74, 6) is 0.467. The fraction of sp³-hybridized carbons (Fsp3) is 0.300. The predicted molar refractivity (Wildman–Crippen MR) is 106 cm³/mol. The van der Waals surface area contributed by atoms with Crippen LogP contribution < -0.4 is 15.4 Å². The first-order chi connectivity index (χ1) is 12.5. The standard InChI is InChI=1S/C20H23BrN2O3/c1-15-5-4-6-18(13-15)26-12-3-2-7-19(24)22-14-20(25)23-17-10-8-16(21)9-11-17/h4-6,8-11,13H,2-3,7,12,14H2,1H3,(H,22,24)(H,23,25). The molecule has 2 N–H and O–H groups in total. The average Bonchev–Trinajstić information content (AvgIpc) is 2.62. The number of aryl methyl sites for hydroxylation is 1. The second-order valence-electron chi connectivity index (χ2n) is 5.95. The van der Waals surface area contributed by atoms with E-state index in [9.17, 15) is 9.59 Å². The van der Waals surface area contributed by atoms with Crippen molar-refractivity contribution in [2.24, 2.45) is 0 Å². The van der Waals surface area contributed by atoms with Gasteiger partial charge in [-0.15, -0.1) is 0 Å². The molecule has 0 bridgehead atoms. The normalized spacial score (nSPS) is 10.2. The number of halogens is 1. The second-order valence-corrected chi connectivity index (χ2v) is 6.87. The molecule has 2 rings (SSSR count). The number of carbonyl (C=O) groups is 2. The summed E-state index contributed by atoms with van der Waals surface area (Å²) in [7, 11) is 0. The number of anilines is 1. The van der Waals surface area contributed by atoms with Crippen molar-refractivity contribution in [2.75, 3.05) is 18.5 Å². The largest absolute Gasteiger partial charge is 0.494 e. The zero-order valence-corrected chi connectivity index (χ0v) is 16.3. The number of benzene rings is 2. The first-order valence-corrected chi connectivity index (χ1v) is 9.34. The van der Waals surface area contributed by atoms with Crippen LogP contribution in [0, 0.1) is 6.92 Å². The first-order valence-electron chi connectivity index (χ1n) is 8.54. The molecule has 0 aliphatic carbocycles. The Kier molecular flexibility index (Phi) is 8.15. The lowest BCUT2D eigenvalue weighted by Crippen LogP contribution is -2.32. The van der Waals surface area contributed by atoms with Crippen LogP contribution in [-0.4, -0.2) is 25.0 Å². The monoisotopic (exact) mass is 418 g/mol. The lowest BCUT2D eigenvalue weighted by molar-refractivity contribution is -0.124. The van der Waals surface area contributed by atoms with E-state index in [1.54, 1.807) is 12.1 Å². The van der Waals surface area contributed by atoms with Crippen molar-refractivity contribution >= 4 is 33.4 Å². The SMILES string of the molecule is Cc1cccc(OCCCCC(=O)NCC(=O)Nc2ccc(Br)cc2)c1. The molecule has 0 radical (unpaired) electrons. The molecule has 0 atom stereocenters. The molecule has 0 heterocycles. The molecule has 0 aromatic heterocycles. The third-order valence-electron chi connectivity index (χ3n) is 3.63. The van der Waals surface area contributed by atoms with Crippen LogP contribution in [0.3, 0.4) is 0 Å². The summed E-state index contributed by atoms with van der Waals surface area (Å²) < 4.78 is 6.58. The minimum absolute atomic E-state index is 0.0330. The predicted octanol–water partition coefficient (Wildman–Crippen LogP) is 4.06. The molecule has 0 unspecified atom stereocenters. The van der Waals surface area contributed by atoms with Gasteiger partial charge in [-0.2, -0.15) is 0 Å². The van der Waals surface area contributed by atoms with Crippen molar-refractivity contribution in [3.63, 3.8) is 0 Å². The maximum atomic E-state index is 11.8. The highest BCUT2D eigenvalue weighted by molar-refractivity contribution is 9.10. The van der Waals surface area contributed by atoms with Gasteiger partial charge < -0.3 is 15.4 Å². The Morgan fingerprint density at radius 1 is 1.04 bits per heavy atom. The van der Waals surface area contributed by atoms with Crippen LogP contribution in [-0.2, 0) is 9.59 Å². The van der Waals surface area contributed by atoms with Gasteiger partial charge in [-0.3, -0.25) is 9.59 Å². The number of ether oxygens (including phenoxy) is 1. The smallest absolute Gasteiger partial charge is 0.243 e. The number of carbonyl (C=O) groups excluding carboxylic acids is 2. The molecule has 138 valence electrons. The molecule has 0 saturated heterocycles. The maximum Gasteiger partial charge on any atom is 0.243 e. The van der Waals surface area contributed by atoms with Gasteiger partial charge in [0, 0.05) is 16.6 Å². The summed E-state index contributed by atoms with van der Waals surface area (Å²) in [5, 5.41) is 5.36. The molecule has 2 amide bonds. The minimum atomic E-state index is -0.247. The fourth-order valence-corrected chi connectivity index (χ4v) is 2.55. The highest BCUT2D eigenvalue weighted by atomic mass is 79.9. The Labute approximate surface area is 162 Å². The number of hydrogen-bond acceptors (Lipinski definition) is 3. The van der Waals surface area contributed by atoms with Crippen molar-refractivity contribution in [3.8, 4) is 5.75 Å². The van der Waals surface area contributed by atoms with Crippen LogP contribution in [0.2, 0.25) is 0 Å². The Morgan fingerprint density at radius 2 is 1.81 bits per heavy atom. The molecule has 5 nitrogen and oxygen atoms in total. The summed E-state index contributed by atoms with van der Waals surface area (Å²) in [5.41, 5.74) is 1.85. The van der Waals surface area contributed by atoms with Gasteiger partial charge in [-0.1, -0.05) is 28.1 Å². The van der Waals surface area contributed by atoms with E-state index in [0.29, 0.717) is 25.1 Å². The highest BCUT2D eigenvalue weighted by Gasteiger charge is 2.06. The van der Waals surface area contributed by atoms with Crippen molar-refractivity contribution in [3.05, 3.63) is 58.6 Å². The molecule has 2 aromatic rings. The molecule has 2 aromatic carbocycles. The summed E-state index contributed by atoms with van der Waals surface area (Å²) in [6.45, 7) is 2.56. The van der Waals surface area contributed by atoms with Gasteiger partial charge >= 0.3 is 0 Å². The number of nitrogens with one attached hydrogen (secondary N) is 2. The third-order valence-corrected chi connectivity index (χ3v) is 4.16. The Morgan fingerprint density at radius 3 is 2.54 bits per heavy atom. The molecular formula is C20H23BrN2O3. The van der Waals surface area contributed by atoms with Gasteiger partial charge in [-0.25, -0.2) is 0 Å². The van der Waals surface area contributed by atoms with Crippen LogP contribution in [0.25, 0.3) is 0 Å². The van der Waals surface area contributed by atoms with E-state index in [2.05, 4.69) is 26.6 Å². The second kappa shape index (κ2) is 10.6. The van der Waals surface area contributed by atoms with Crippen molar-refractivity contribution in [2.45, 2.75) is 26.2 Å². The highest BCUT2D eigenvalue weighted by Crippen LogP contribution is 2.14. The van der Waals surface area contributed by atoms with E-state index in [1.807, 2.05) is 43.3 Å². The van der Waals surface area contributed by atoms with Gasteiger partial charge in [0.05, 0.1) is 13.2 Å². The lowest BCUT2D eigenvalue weighted by atomic mass is 10.2. The Hall–Kier alpha value is -2.34. The Bertz CT molecular complexity index is 732. The lowest BCUT2D eigenvalue weighted by Gasteiger charge is -2.08. The van der Waals surface area contributed by atoms with Crippen molar-refractivity contribution in [1.29, 1.82) is 0 Å². The van der Waals surface area contributed by atoms with E-state index >= 15 is 0 Å². The van der Waals surface area contributed by atoms with Crippen molar-refractivity contribution < 1.29 is 14.3 Å². The zero-order chi connectivity index (χ0) is 18.8. The third kappa shape index (κ3) is 7.70. The molecule has 0 aliphatic heterocycles. The summed E-state index contributed by atoms with van der Waals surface area (Å²) in [4.78, 5) is 23.6. The van der Waals surface area contributed by atoms with Gasteiger partial charge in [-0.05, 0) is 61.7 Å². The van der Waals surface area contributed by atoms with E-state index in [1.165, 1.54) is 0 Å². The molecule has 0 spiro atoms.